The van der Waals surface area contributed by atoms with E-state index >= 15 is 0 Å². The molecule has 0 unspecified atom stereocenters. The van der Waals surface area contributed by atoms with Gasteiger partial charge in [-0.25, -0.2) is 0 Å². The van der Waals surface area contributed by atoms with Crippen LogP contribution in [0.2, 0.25) is 5.02 Å². The normalized spacial score (nSPS) is 10.5. The summed E-state index contributed by atoms with van der Waals surface area (Å²) >= 11 is 7.46. The lowest BCUT2D eigenvalue weighted by Gasteiger charge is -2.01. The molecule has 1 amide bonds. The van der Waals surface area contributed by atoms with Crippen molar-refractivity contribution in [2.45, 2.75) is 6.42 Å². The number of hydrogen-bond donors (Lipinski definition) is 2. The molecule has 1 heterocycles. The van der Waals surface area contributed by atoms with Gasteiger partial charge in [-0.2, -0.15) is 0 Å². The lowest BCUT2D eigenvalue weighted by atomic mass is 10.2. The number of carbonyl (C=O) groups excluding carboxylic acids is 1. The number of halogens is 1. The minimum Gasteiger partial charge on any atom is -0.497 e. The van der Waals surface area contributed by atoms with Crippen LogP contribution in [0.15, 0.2) is 18.2 Å². The van der Waals surface area contributed by atoms with Gasteiger partial charge in [0.25, 0.3) is 5.91 Å². The highest BCUT2D eigenvalue weighted by molar-refractivity contribution is 7.21. The van der Waals surface area contributed by atoms with Crippen LogP contribution in [-0.2, 0) is 4.79 Å². The Morgan fingerprint density at radius 1 is 1.45 bits per heavy atom. The Morgan fingerprint density at radius 3 is 2.85 bits per heavy atom. The Balaban J connectivity index is 2.23. The fraction of sp³-hybridized carbons (Fsp3) is 0.231. The number of carbonyl (C=O) groups is 2. The van der Waals surface area contributed by atoms with Crippen molar-refractivity contribution in [3.63, 3.8) is 0 Å². The summed E-state index contributed by atoms with van der Waals surface area (Å²) in [5.41, 5.74) is 0. The second kappa shape index (κ2) is 6.11. The Kier molecular flexibility index (Phi) is 4.46. The molecule has 1 aromatic carbocycles. The lowest BCUT2D eigenvalue weighted by Crippen LogP contribution is -2.25. The minimum atomic E-state index is -0.961. The summed E-state index contributed by atoms with van der Waals surface area (Å²) in [5.74, 6) is -0.663. The van der Waals surface area contributed by atoms with Gasteiger partial charge in [0.05, 0.1) is 18.6 Å². The van der Waals surface area contributed by atoms with Gasteiger partial charge in [0.1, 0.15) is 10.6 Å². The van der Waals surface area contributed by atoms with E-state index in [1.807, 2.05) is 6.07 Å². The fourth-order valence-electron chi connectivity index (χ4n) is 1.68. The summed E-state index contributed by atoms with van der Waals surface area (Å²) in [5, 5.41) is 12.2. The summed E-state index contributed by atoms with van der Waals surface area (Å²) in [6, 6.07) is 5.39. The molecule has 106 valence electrons. The zero-order valence-electron chi connectivity index (χ0n) is 10.6. The van der Waals surface area contributed by atoms with Crippen LogP contribution in [0.4, 0.5) is 0 Å². The molecule has 2 aromatic rings. The average Bonchev–Trinajstić information content (AvgIpc) is 2.75. The number of methoxy groups -OCH3 is 1. The van der Waals surface area contributed by atoms with E-state index in [9.17, 15) is 9.59 Å². The maximum atomic E-state index is 12.0. The number of rotatable bonds is 5. The molecule has 2 N–H and O–H groups in total. The number of carboxylic acid groups (broad SMARTS) is 1. The first kappa shape index (κ1) is 14.6. The molecule has 0 aliphatic heterocycles. The molecule has 7 heteroatoms. The molecule has 0 fully saturated rings. The topological polar surface area (TPSA) is 75.6 Å². The van der Waals surface area contributed by atoms with E-state index in [2.05, 4.69) is 5.32 Å². The molecular formula is C13H12ClNO4S. The van der Waals surface area contributed by atoms with Crippen LogP contribution in [-0.4, -0.2) is 30.6 Å². The molecule has 0 saturated heterocycles. The molecule has 0 atom stereocenters. The SMILES string of the molecule is COc1ccc2sc(C(=O)NCCC(=O)O)c(Cl)c2c1. The second-order valence-electron chi connectivity index (χ2n) is 4.01. The molecule has 0 aliphatic rings. The molecule has 5 nitrogen and oxygen atoms in total. The number of ether oxygens (including phenoxy) is 1. The molecule has 20 heavy (non-hydrogen) atoms. The van der Waals surface area contributed by atoms with Gasteiger partial charge in [-0.15, -0.1) is 11.3 Å². The van der Waals surface area contributed by atoms with Crippen molar-refractivity contribution in [1.29, 1.82) is 0 Å². The zero-order valence-corrected chi connectivity index (χ0v) is 12.2. The minimum absolute atomic E-state index is 0.0715. The zero-order chi connectivity index (χ0) is 14.7. The van der Waals surface area contributed by atoms with Crippen LogP contribution in [0, 0.1) is 0 Å². The number of amides is 1. The first-order chi connectivity index (χ1) is 9.52. The van der Waals surface area contributed by atoms with E-state index in [0.29, 0.717) is 15.6 Å². The van der Waals surface area contributed by atoms with Gasteiger partial charge < -0.3 is 15.2 Å². The number of benzene rings is 1. The number of carboxylic acids is 1. The monoisotopic (exact) mass is 313 g/mol. The Bertz CT molecular complexity index is 668. The van der Waals surface area contributed by atoms with Crippen molar-refractivity contribution in [1.82, 2.24) is 5.32 Å². The van der Waals surface area contributed by atoms with Gasteiger partial charge >= 0.3 is 5.97 Å². The molecule has 0 saturated carbocycles. The highest BCUT2D eigenvalue weighted by atomic mass is 35.5. The van der Waals surface area contributed by atoms with Gasteiger partial charge in [-0.3, -0.25) is 9.59 Å². The van der Waals surface area contributed by atoms with Crippen LogP contribution in [0.25, 0.3) is 10.1 Å². The Labute approximate surface area is 124 Å². The van der Waals surface area contributed by atoms with Crippen LogP contribution < -0.4 is 10.1 Å². The predicted molar refractivity (Wildman–Crippen MR) is 78.0 cm³/mol. The van der Waals surface area contributed by atoms with Crippen molar-refractivity contribution >= 4 is 44.9 Å². The number of nitrogens with one attached hydrogen (secondary N) is 1. The van der Waals surface area contributed by atoms with Crippen molar-refractivity contribution in [2.75, 3.05) is 13.7 Å². The van der Waals surface area contributed by atoms with Crippen molar-refractivity contribution in [3.05, 3.63) is 28.1 Å². The molecule has 0 aliphatic carbocycles. The third kappa shape index (κ3) is 3.02. The summed E-state index contributed by atoms with van der Waals surface area (Å²) < 4.78 is 5.99. The van der Waals surface area contributed by atoms with E-state index in [1.165, 1.54) is 11.3 Å². The second-order valence-corrected chi connectivity index (χ2v) is 5.44. The Morgan fingerprint density at radius 2 is 2.20 bits per heavy atom. The first-order valence-electron chi connectivity index (χ1n) is 5.79. The quantitative estimate of drug-likeness (QED) is 0.890. The third-order valence-corrected chi connectivity index (χ3v) is 4.34. The molecule has 0 bridgehead atoms. The summed E-state index contributed by atoms with van der Waals surface area (Å²) in [7, 11) is 1.56. The smallest absolute Gasteiger partial charge is 0.305 e. The summed E-state index contributed by atoms with van der Waals surface area (Å²) in [6.45, 7) is 0.0715. The van der Waals surface area contributed by atoms with Gasteiger partial charge in [0.2, 0.25) is 0 Å². The van der Waals surface area contributed by atoms with Crippen molar-refractivity contribution < 1.29 is 19.4 Å². The highest BCUT2D eigenvalue weighted by Crippen LogP contribution is 2.37. The van der Waals surface area contributed by atoms with Gasteiger partial charge in [-0.05, 0) is 18.2 Å². The standard InChI is InChI=1S/C13H12ClNO4S/c1-19-7-2-3-9-8(6-7)11(14)12(20-9)13(18)15-5-4-10(16)17/h2-3,6H,4-5H2,1H3,(H,15,18)(H,16,17). The van der Waals surface area contributed by atoms with E-state index < -0.39 is 5.97 Å². The molecule has 2 rings (SSSR count). The van der Waals surface area contributed by atoms with Crippen LogP contribution in [0.5, 0.6) is 5.75 Å². The molecular weight excluding hydrogens is 302 g/mol. The maximum absolute atomic E-state index is 12.0. The summed E-state index contributed by atoms with van der Waals surface area (Å²) in [6.07, 6.45) is -0.123. The summed E-state index contributed by atoms with van der Waals surface area (Å²) in [4.78, 5) is 22.7. The molecule has 0 radical (unpaired) electrons. The largest absolute Gasteiger partial charge is 0.497 e. The maximum Gasteiger partial charge on any atom is 0.305 e. The Hall–Kier alpha value is -1.79. The van der Waals surface area contributed by atoms with Gasteiger partial charge in [0, 0.05) is 16.6 Å². The highest BCUT2D eigenvalue weighted by Gasteiger charge is 2.17. The van der Waals surface area contributed by atoms with E-state index in [1.54, 1.807) is 19.2 Å². The average molecular weight is 314 g/mol. The number of hydrogen-bond acceptors (Lipinski definition) is 4. The number of thiophene rings is 1. The van der Waals surface area contributed by atoms with E-state index in [0.717, 1.165) is 10.1 Å². The fourth-order valence-corrected chi connectivity index (χ4v) is 3.09. The van der Waals surface area contributed by atoms with Gasteiger partial charge in [-0.1, -0.05) is 11.6 Å². The first-order valence-corrected chi connectivity index (χ1v) is 6.98. The van der Waals surface area contributed by atoms with Crippen LogP contribution in [0.1, 0.15) is 16.1 Å². The predicted octanol–water partition coefficient (Wildman–Crippen LogP) is 2.77. The van der Waals surface area contributed by atoms with Crippen molar-refractivity contribution in [2.24, 2.45) is 0 Å². The van der Waals surface area contributed by atoms with E-state index in [-0.39, 0.29) is 18.9 Å². The van der Waals surface area contributed by atoms with Crippen molar-refractivity contribution in [3.8, 4) is 5.75 Å². The van der Waals surface area contributed by atoms with Crippen LogP contribution in [0.3, 0.4) is 0 Å². The number of aliphatic carboxylic acids is 1. The molecule has 0 spiro atoms. The number of fused-ring (bicyclic) bond motifs is 1. The third-order valence-electron chi connectivity index (χ3n) is 2.67. The lowest BCUT2D eigenvalue weighted by molar-refractivity contribution is -0.136. The van der Waals surface area contributed by atoms with E-state index in [4.69, 9.17) is 21.4 Å². The van der Waals surface area contributed by atoms with Crippen LogP contribution >= 0.6 is 22.9 Å². The van der Waals surface area contributed by atoms with Gasteiger partial charge in [0.15, 0.2) is 0 Å². The molecule has 1 aromatic heterocycles.